The summed E-state index contributed by atoms with van der Waals surface area (Å²) in [5, 5.41) is 10.9. The SMILES string of the molecule is CCCCS(=O)C(C)C(=O)Nc1ccc(C#N)cc1. The van der Waals surface area contributed by atoms with E-state index in [4.69, 9.17) is 5.26 Å². The van der Waals surface area contributed by atoms with Crippen molar-refractivity contribution in [3.63, 3.8) is 0 Å². The number of hydrogen-bond acceptors (Lipinski definition) is 3. The van der Waals surface area contributed by atoms with Crippen LogP contribution in [0, 0.1) is 11.3 Å². The van der Waals surface area contributed by atoms with Crippen molar-refractivity contribution < 1.29 is 9.00 Å². The Bertz CT molecular complexity index is 491. The number of nitrogens with zero attached hydrogens (tertiary/aromatic N) is 1. The molecule has 2 atom stereocenters. The molecule has 102 valence electrons. The van der Waals surface area contributed by atoms with Gasteiger partial charge in [-0.3, -0.25) is 9.00 Å². The maximum atomic E-state index is 11.9. The summed E-state index contributed by atoms with van der Waals surface area (Å²) in [6.45, 7) is 3.70. The molecule has 4 nitrogen and oxygen atoms in total. The predicted molar refractivity (Wildman–Crippen MR) is 77.2 cm³/mol. The van der Waals surface area contributed by atoms with Gasteiger partial charge in [0.15, 0.2) is 0 Å². The first kappa shape index (κ1) is 15.4. The van der Waals surface area contributed by atoms with Gasteiger partial charge in [-0.15, -0.1) is 0 Å². The third-order valence-electron chi connectivity index (χ3n) is 2.74. The number of carbonyl (C=O) groups excluding carboxylic acids is 1. The summed E-state index contributed by atoms with van der Waals surface area (Å²) in [7, 11) is -1.14. The minimum absolute atomic E-state index is 0.251. The summed E-state index contributed by atoms with van der Waals surface area (Å²) in [5.74, 6) is 0.303. The highest BCUT2D eigenvalue weighted by molar-refractivity contribution is 7.86. The van der Waals surface area contributed by atoms with E-state index in [1.165, 1.54) is 0 Å². The number of amides is 1. The summed E-state index contributed by atoms with van der Waals surface area (Å²) >= 11 is 0. The van der Waals surface area contributed by atoms with E-state index >= 15 is 0 Å². The zero-order valence-electron chi connectivity index (χ0n) is 11.2. The molecule has 0 aliphatic rings. The number of carbonyl (C=O) groups is 1. The number of rotatable bonds is 6. The molecule has 2 unspecified atom stereocenters. The number of benzene rings is 1. The lowest BCUT2D eigenvalue weighted by Crippen LogP contribution is -2.30. The van der Waals surface area contributed by atoms with Crippen LogP contribution in [-0.2, 0) is 15.6 Å². The van der Waals surface area contributed by atoms with Crippen LogP contribution in [-0.4, -0.2) is 21.1 Å². The van der Waals surface area contributed by atoms with Gasteiger partial charge in [0.05, 0.1) is 11.6 Å². The average Bonchev–Trinajstić information content (AvgIpc) is 2.44. The second kappa shape index (κ2) is 7.70. The Labute approximate surface area is 116 Å². The van der Waals surface area contributed by atoms with E-state index in [9.17, 15) is 9.00 Å². The summed E-state index contributed by atoms with van der Waals surface area (Å²) < 4.78 is 11.8. The molecule has 1 rings (SSSR count). The highest BCUT2D eigenvalue weighted by Gasteiger charge is 2.19. The van der Waals surface area contributed by atoms with Crippen molar-refractivity contribution in [2.24, 2.45) is 0 Å². The van der Waals surface area contributed by atoms with Gasteiger partial charge in [0.2, 0.25) is 5.91 Å². The average molecular weight is 278 g/mol. The first-order chi connectivity index (χ1) is 9.08. The van der Waals surface area contributed by atoms with Gasteiger partial charge < -0.3 is 5.32 Å². The van der Waals surface area contributed by atoms with Crippen molar-refractivity contribution in [3.05, 3.63) is 29.8 Å². The molecule has 5 heteroatoms. The van der Waals surface area contributed by atoms with Gasteiger partial charge in [0, 0.05) is 22.2 Å². The van der Waals surface area contributed by atoms with Crippen LogP contribution < -0.4 is 5.32 Å². The highest BCUT2D eigenvalue weighted by Crippen LogP contribution is 2.10. The molecule has 1 amide bonds. The van der Waals surface area contributed by atoms with E-state index in [1.54, 1.807) is 31.2 Å². The molecule has 0 heterocycles. The Morgan fingerprint density at radius 1 is 1.42 bits per heavy atom. The van der Waals surface area contributed by atoms with Crippen LogP contribution >= 0.6 is 0 Å². The number of hydrogen-bond donors (Lipinski definition) is 1. The van der Waals surface area contributed by atoms with E-state index in [0.29, 0.717) is 17.0 Å². The molecular formula is C14H18N2O2S. The Balaban J connectivity index is 2.58. The van der Waals surface area contributed by atoms with Gasteiger partial charge >= 0.3 is 0 Å². The Kier molecular flexibility index (Phi) is 6.23. The molecule has 0 saturated heterocycles. The third kappa shape index (κ3) is 4.84. The fourth-order valence-corrected chi connectivity index (χ4v) is 2.68. The van der Waals surface area contributed by atoms with E-state index in [1.807, 2.05) is 13.0 Å². The number of nitrogens with one attached hydrogen (secondary N) is 1. The van der Waals surface area contributed by atoms with E-state index in [-0.39, 0.29) is 5.91 Å². The fourth-order valence-electron chi connectivity index (χ4n) is 1.45. The van der Waals surface area contributed by atoms with Crippen LogP contribution in [0.1, 0.15) is 32.3 Å². The second-order valence-corrected chi connectivity index (χ2v) is 6.14. The molecule has 1 aromatic rings. The lowest BCUT2D eigenvalue weighted by atomic mass is 10.2. The standard InChI is InChI=1S/C14H18N2O2S/c1-3-4-9-19(18)11(2)14(17)16-13-7-5-12(10-15)6-8-13/h5-8,11H,3-4,9H2,1-2H3,(H,16,17). The van der Waals surface area contributed by atoms with Gasteiger partial charge in [-0.1, -0.05) is 13.3 Å². The molecule has 0 radical (unpaired) electrons. The van der Waals surface area contributed by atoms with Crippen molar-refractivity contribution in [2.45, 2.75) is 31.9 Å². The first-order valence-corrected chi connectivity index (χ1v) is 7.65. The normalized spacial score (nSPS) is 13.3. The van der Waals surface area contributed by atoms with Crippen LogP contribution in [0.5, 0.6) is 0 Å². The summed E-state index contributed by atoms with van der Waals surface area (Å²) in [6, 6.07) is 8.61. The van der Waals surface area contributed by atoms with Crippen LogP contribution in [0.4, 0.5) is 5.69 Å². The van der Waals surface area contributed by atoms with Crippen molar-refractivity contribution >= 4 is 22.4 Å². The molecule has 19 heavy (non-hydrogen) atoms. The minimum atomic E-state index is -1.14. The zero-order chi connectivity index (χ0) is 14.3. The molecule has 0 saturated carbocycles. The van der Waals surface area contributed by atoms with E-state index in [2.05, 4.69) is 5.32 Å². The van der Waals surface area contributed by atoms with Crippen LogP contribution in [0.3, 0.4) is 0 Å². The smallest absolute Gasteiger partial charge is 0.239 e. The molecule has 0 spiro atoms. The molecule has 0 fully saturated rings. The predicted octanol–water partition coefficient (Wildman–Crippen LogP) is 2.43. The summed E-state index contributed by atoms with van der Waals surface area (Å²) in [5.41, 5.74) is 1.15. The fraction of sp³-hybridized carbons (Fsp3) is 0.429. The quantitative estimate of drug-likeness (QED) is 0.868. The molecule has 1 N–H and O–H groups in total. The second-order valence-electron chi connectivity index (χ2n) is 4.26. The van der Waals surface area contributed by atoms with Crippen LogP contribution in [0.2, 0.25) is 0 Å². The first-order valence-electron chi connectivity index (χ1n) is 6.26. The lowest BCUT2D eigenvalue weighted by Gasteiger charge is -2.11. The van der Waals surface area contributed by atoms with Crippen LogP contribution in [0.15, 0.2) is 24.3 Å². The van der Waals surface area contributed by atoms with Gasteiger partial charge in [-0.2, -0.15) is 5.26 Å². The maximum Gasteiger partial charge on any atom is 0.239 e. The topological polar surface area (TPSA) is 70.0 Å². The maximum absolute atomic E-state index is 11.9. The Morgan fingerprint density at radius 2 is 2.05 bits per heavy atom. The van der Waals surface area contributed by atoms with Crippen molar-refractivity contribution in [1.82, 2.24) is 0 Å². The molecule has 0 aromatic heterocycles. The van der Waals surface area contributed by atoms with Gasteiger partial charge in [-0.05, 0) is 37.6 Å². The Hall–Kier alpha value is -1.67. The largest absolute Gasteiger partial charge is 0.325 e. The van der Waals surface area contributed by atoms with Crippen molar-refractivity contribution in [1.29, 1.82) is 5.26 Å². The monoisotopic (exact) mass is 278 g/mol. The molecule has 0 bridgehead atoms. The molecular weight excluding hydrogens is 260 g/mol. The molecule has 0 aliphatic carbocycles. The summed E-state index contributed by atoms with van der Waals surface area (Å²) in [6.07, 6.45) is 1.83. The third-order valence-corrected chi connectivity index (χ3v) is 4.44. The number of anilines is 1. The van der Waals surface area contributed by atoms with Gasteiger partial charge in [-0.25, -0.2) is 0 Å². The number of unbranched alkanes of at least 4 members (excludes halogenated alkanes) is 1. The van der Waals surface area contributed by atoms with E-state index in [0.717, 1.165) is 12.8 Å². The Morgan fingerprint density at radius 3 is 2.58 bits per heavy atom. The molecule has 1 aromatic carbocycles. The lowest BCUT2D eigenvalue weighted by molar-refractivity contribution is -0.115. The van der Waals surface area contributed by atoms with Crippen molar-refractivity contribution in [2.75, 3.05) is 11.1 Å². The zero-order valence-corrected chi connectivity index (χ0v) is 12.0. The highest BCUT2D eigenvalue weighted by atomic mass is 32.2. The number of nitriles is 1. The minimum Gasteiger partial charge on any atom is -0.325 e. The summed E-state index contributed by atoms with van der Waals surface area (Å²) in [4.78, 5) is 11.9. The van der Waals surface area contributed by atoms with Gasteiger partial charge in [0.1, 0.15) is 5.25 Å². The molecule has 0 aliphatic heterocycles. The van der Waals surface area contributed by atoms with E-state index < -0.39 is 16.0 Å². The van der Waals surface area contributed by atoms with Gasteiger partial charge in [0.25, 0.3) is 0 Å². The van der Waals surface area contributed by atoms with Crippen molar-refractivity contribution in [3.8, 4) is 6.07 Å². The van der Waals surface area contributed by atoms with Crippen LogP contribution in [0.25, 0.3) is 0 Å².